The number of benzene rings is 1. The van der Waals surface area contributed by atoms with Crippen LogP contribution in [0.4, 0.5) is 18.9 Å². The Kier molecular flexibility index (Phi) is 2.99. The predicted molar refractivity (Wildman–Crippen MR) is 47.8 cm³/mol. The van der Waals surface area contributed by atoms with Crippen LogP contribution in [0.3, 0.4) is 0 Å². The van der Waals surface area contributed by atoms with Crippen LogP contribution in [0.2, 0.25) is 0 Å². The van der Waals surface area contributed by atoms with Crippen LogP contribution < -0.4 is 0 Å². The van der Waals surface area contributed by atoms with Crippen LogP contribution >= 0.6 is 22.6 Å². The number of azide groups is 1. The second-order valence-electron chi connectivity index (χ2n) is 2.01. The fourth-order valence-corrected chi connectivity index (χ4v) is 1.20. The van der Waals surface area contributed by atoms with E-state index in [4.69, 9.17) is 5.53 Å². The lowest BCUT2D eigenvalue weighted by Crippen LogP contribution is -1.92. The molecule has 0 saturated heterocycles. The maximum atomic E-state index is 12.8. The van der Waals surface area contributed by atoms with Crippen molar-refractivity contribution in [1.29, 1.82) is 0 Å². The van der Waals surface area contributed by atoms with E-state index in [1.807, 2.05) is 0 Å². The maximum Gasteiger partial charge on any atom is 0.172 e. The predicted octanol–water partition coefficient (Wildman–Crippen LogP) is 3.65. The number of halogens is 4. The highest BCUT2D eigenvalue weighted by Gasteiger charge is 2.15. The van der Waals surface area contributed by atoms with Gasteiger partial charge in [0.25, 0.3) is 0 Å². The summed E-state index contributed by atoms with van der Waals surface area (Å²) in [5.41, 5.74) is 6.99. The van der Waals surface area contributed by atoms with E-state index in [1.54, 1.807) is 0 Å². The highest BCUT2D eigenvalue weighted by Crippen LogP contribution is 2.27. The zero-order valence-corrected chi connectivity index (χ0v) is 8.09. The molecule has 1 aromatic rings. The number of rotatable bonds is 1. The monoisotopic (exact) mass is 299 g/mol. The van der Waals surface area contributed by atoms with E-state index in [-0.39, 0.29) is 3.57 Å². The minimum Gasteiger partial charge on any atom is -0.206 e. The van der Waals surface area contributed by atoms with E-state index in [2.05, 4.69) is 10.0 Å². The fraction of sp³-hybridized carbons (Fsp3) is 0. The van der Waals surface area contributed by atoms with Crippen LogP contribution in [0.1, 0.15) is 0 Å². The highest BCUT2D eigenvalue weighted by atomic mass is 127. The van der Waals surface area contributed by atoms with Gasteiger partial charge in [0, 0.05) is 4.91 Å². The summed E-state index contributed by atoms with van der Waals surface area (Å²) in [6.45, 7) is 0. The first-order valence-electron chi connectivity index (χ1n) is 2.96. The van der Waals surface area contributed by atoms with Crippen molar-refractivity contribution < 1.29 is 13.2 Å². The normalized spacial score (nSPS) is 9.54. The first-order valence-corrected chi connectivity index (χ1v) is 4.04. The smallest absolute Gasteiger partial charge is 0.172 e. The van der Waals surface area contributed by atoms with Gasteiger partial charge in [-0.15, -0.1) is 0 Å². The van der Waals surface area contributed by atoms with Gasteiger partial charge in [-0.1, -0.05) is 5.11 Å². The van der Waals surface area contributed by atoms with Crippen LogP contribution in [-0.4, -0.2) is 0 Å². The van der Waals surface area contributed by atoms with Gasteiger partial charge in [0.15, 0.2) is 11.6 Å². The molecule has 0 heterocycles. The quantitative estimate of drug-likeness (QED) is 0.190. The molecule has 0 N–H and O–H groups in total. The van der Waals surface area contributed by atoms with Crippen molar-refractivity contribution in [3.63, 3.8) is 0 Å². The standard InChI is InChI=1S/C6HF3IN3/c7-2-1-3(10)4(8)5(9)6(2)12-13-11/h1H. The molecule has 0 spiro atoms. The van der Waals surface area contributed by atoms with Crippen molar-refractivity contribution in [2.45, 2.75) is 0 Å². The van der Waals surface area contributed by atoms with Crippen LogP contribution in [0.5, 0.6) is 0 Å². The number of hydrogen-bond acceptors (Lipinski definition) is 1. The minimum absolute atomic E-state index is 0.204. The molecular weight excluding hydrogens is 298 g/mol. The van der Waals surface area contributed by atoms with E-state index in [0.717, 1.165) is 6.07 Å². The zero-order valence-electron chi connectivity index (χ0n) is 5.93. The van der Waals surface area contributed by atoms with Gasteiger partial charge in [0.1, 0.15) is 11.5 Å². The molecule has 0 amide bonds. The van der Waals surface area contributed by atoms with E-state index < -0.39 is 23.1 Å². The topological polar surface area (TPSA) is 48.8 Å². The Balaban J connectivity index is 3.52. The summed E-state index contributed by atoms with van der Waals surface area (Å²) in [6.07, 6.45) is 0. The average Bonchev–Trinajstić information content (AvgIpc) is 2.09. The van der Waals surface area contributed by atoms with Crippen molar-refractivity contribution in [3.8, 4) is 0 Å². The van der Waals surface area contributed by atoms with Crippen LogP contribution in [-0.2, 0) is 0 Å². The Labute approximate surface area is 84.3 Å². The summed E-state index contributed by atoms with van der Waals surface area (Å²) in [5, 5.41) is 2.69. The van der Waals surface area contributed by atoms with Gasteiger partial charge in [-0.3, -0.25) is 0 Å². The molecule has 7 heteroatoms. The maximum absolute atomic E-state index is 12.8. The second-order valence-corrected chi connectivity index (χ2v) is 3.17. The first-order chi connectivity index (χ1) is 6.07. The van der Waals surface area contributed by atoms with Crippen molar-refractivity contribution in [3.05, 3.63) is 37.5 Å². The number of nitrogens with zero attached hydrogens (tertiary/aromatic N) is 3. The Bertz CT molecular complexity index is 401. The fourth-order valence-electron chi connectivity index (χ4n) is 0.693. The summed E-state index contributed by atoms with van der Waals surface area (Å²) in [5.74, 6) is -3.77. The van der Waals surface area contributed by atoms with Gasteiger partial charge in [-0.2, -0.15) is 0 Å². The molecule has 0 aromatic heterocycles. The largest absolute Gasteiger partial charge is 0.206 e. The van der Waals surface area contributed by atoms with E-state index in [1.165, 1.54) is 22.6 Å². The van der Waals surface area contributed by atoms with E-state index in [0.29, 0.717) is 0 Å². The van der Waals surface area contributed by atoms with Gasteiger partial charge in [-0.25, -0.2) is 13.2 Å². The Morgan fingerprint density at radius 2 is 1.92 bits per heavy atom. The van der Waals surface area contributed by atoms with Crippen LogP contribution in [0, 0.1) is 21.0 Å². The summed E-state index contributed by atoms with van der Waals surface area (Å²) in [7, 11) is 0. The summed E-state index contributed by atoms with van der Waals surface area (Å²) >= 11 is 1.43. The van der Waals surface area contributed by atoms with E-state index >= 15 is 0 Å². The van der Waals surface area contributed by atoms with Gasteiger partial charge in [0.05, 0.1) is 3.57 Å². The molecule has 3 nitrogen and oxygen atoms in total. The third kappa shape index (κ3) is 1.86. The molecule has 13 heavy (non-hydrogen) atoms. The molecule has 1 aromatic carbocycles. The van der Waals surface area contributed by atoms with Crippen molar-refractivity contribution in [1.82, 2.24) is 0 Å². The zero-order chi connectivity index (χ0) is 10.0. The summed E-state index contributed by atoms with van der Waals surface area (Å²) in [6, 6.07) is 0.753. The Morgan fingerprint density at radius 3 is 2.46 bits per heavy atom. The van der Waals surface area contributed by atoms with Crippen molar-refractivity contribution in [2.75, 3.05) is 0 Å². The summed E-state index contributed by atoms with van der Waals surface area (Å²) < 4.78 is 38.2. The molecule has 0 radical (unpaired) electrons. The highest BCUT2D eigenvalue weighted by molar-refractivity contribution is 14.1. The van der Waals surface area contributed by atoms with Crippen molar-refractivity contribution in [2.24, 2.45) is 5.11 Å². The molecule has 68 valence electrons. The lowest BCUT2D eigenvalue weighted by molar-refractivity contribution is 0.492. The Morgan fingerprint density at radius 1 is 1.31 bits per heavy atom. The molecule has 0 bridgehead atoms. The van der Waals surface area contributed by atoms with Crippen LogP contribution in [0.15, 0.2) is 11.2 Å². The molecule has 0 fully saturated rings. The minimum atomic E-state index is -1.47. The van der Waals surface area contributed by atoms with Crippen LogP contribution in [0.25, 0.3) is 10.4 Å². The lowest BCUT2D eigenvalue weighted by Gasteiger charge is -2.00. The van der Waals surface area contributed by atoms with Gasteiger partial charge in [0.2, 0.25) is 0 Å². The molecular formula is C6HF3IN3. The molecule has 0 atom stereocenters. The molecule has 1 rings (SSSR count). The molecule has 0 aliphatic heterocycles. The first kappa shape index (κ1) is 10.1. The third-order valence-electron chi connectivity index (χ3n) is 1.23. The third-order valence-corrected chi connectivity index (χ3v) is 2.02. The molecule has 0 aliphatic carbocycles. The van der Waals surface area contributed by atoms with Gasteiger partial charge >= 0.3 is 0 Å². The Hall–Kier alpha value is -0.950. The lowest BCUT2D eigenvalue weighted by atomic mass is 10.3. The van der Waals surface area contributed by atoms with Gasteiger partial charge in [-0.05, 0) is 34.2 Å². The average molecular weight is 299 g/mol. The van der Waals surface area contributed by atoms with E-state index in [9.17, 15) is 13.2 Å². The van der Waals surface area contributed by atoms with Gasteiger partial charge < -0.3 is 0 Å². The SMILES string of the molecule is [N-]=[N+]=Nc1c(F)cc(I)c(F)c1F. The second kappa shape index (κ2) is 3.84. The molecule has 0 unspecified atom stereocenters. The summed E-state index contributed by atoms with van der Waals surface area (Å²) in [4.78, 5) is 2.17. The molecule has 0 aliphatic rings. The molecule has 0 saturated carbocycles. The van der Waals surface area contributed by atoms with Crippen molar-refractivity contribution >= 4 is 28.3 Å². The number of hydrogen-bond donors (Lipinski definition) is 0.